The third kappa shape index (κ3) is 3.88. The van der Waals surface area contributed by atoms with E-state index in [0.29, 0.717) is 29.9 Å². The average molecular weight is 375 g/mol. The number of benzene rings is 2. The molecule has 2 aromatic heterocycles. The van der Waals surface area contributed by atoms with Gasteiger partial charge in [0.15, 0.2) is 0 Å². The fourth-order valence-corrected chi connectivity index (χ4v) is 2.85. The summed E-state index contributed by atoms with van der Waals surface area (Å²) in [7, 11) is 0. The number of carbonyl (C=O) groups excluding carboxylic acids is 1. The summed E-state index contributed by atoms with van der Waals surface area (Å²) in [6, 6.07) is 15.1. The Hall–Kier alpha value is -3.61. The molecule has 0 fully saturated rings. The molecule has 3 N–H and O–H groups in total. The van der Waals surface area contributed by atoms with E-state index in [-0.39, 0.29) is 6.03 Å². The number of H-pyrrole nitrogens is 1. The van der Waals surface area contributed by atoms with Gasteiger partial charge in [0.1, 0.15) is 0 Å². The Balaban J connectivity index is 1.52. The van der Waals surface area contributed by atoms with Crippen LogP contribution in [0.15, 0.2) is 59.3 Å². The van der Waals surface area contributed by atoms with E-state index in [2.05, 4.69) is 25.8 Å². The quantitative estimate of drug-likeness (QED) is 0.472. The lowest BCUT2D eigenvalue weighted by Crippen LogP contribution is -2.31. The van der Waals surface area contributed by atoms with Crippen LogP contribution in [-0.4, -0.2) is 27.7 Å². The van der Waals surface area contributed by atoms with Crippen LogP contribution in [0.2, 0.25) is 0 Å². The molecule has 0 aliphatic rings. The summed E-state index contributed by atoms with van der Waals surface area (Å²) < 4.78 is 5.44. The normalized spacial score (nSPS) is 11.1. The number of hydrogen-bond acceptors (Lipinski definition) is 4. The van der Waals surface area contributed by atoms with Gasteiger partial charge >= 0.3 is 6.03 Å². The Labute approximate surface area is 162 Å². The summed E-state index contributed by atoms with van der Waals surface area (Å²) in [4.78, 5) is 19.6. The van der Waals surface area contributed by atoms with Gasteiger partial charge in [0.25, 0.3) is 5.89 Å². The van der Waals surface area contributed by atoms with Crippen LogP contribution in [0.4, 0.5) is 10.5 Å². The number of rotatable bonds is 5. The van der Waals surface area contributed by atoms with Gasteiger partial charge in [-0.25, -0.2) is 4.79 Å². The molecule has 0 radical (unpaired) electrons. The summed E-state index contributed by atoms with van der Waals surface area (Å²) in [5.74, 6) is 1.30. The maximum absolute atomic E-state index is 12.0. The second kappa shape index (κ2) is 7.56. The van der Waals surface area contributed by atoms with Gasteiger partial charge in [0.05, 0.1) is 0 Å². The van der Waals surface area contributed by atoms with Crippen molar-refractivity contribution in [1.82, 2.24) is 20.4 Å². The van der Waals surface area contributed by atoms with E-state index in [1.165, 1.54) is 0 Å². The standard InChI is InChI=1S/C21H21N5O2/c1-13(2)12-23-21(27)24-17-5-3-4-15(10-17)19-25-20(28-26-19)16-7-6-14-8-9-22-18(14)11-16/h3-11,13,22H,12H2,1-2H3,(H2,23,24,27). The van der Waals surface area contributed by atoms with Crippen molar-refractivity contribution in [3.63, 3.8) is 0 Å². The molecule has 142 valence electrons. The molecule has 0 bridgehead atoms. The van der Waals surface area contributed by atoms with Gasteiger partial charge in [-0.15, -0.1) is 0 Å². The number of urea groups is 1. The molecule has 0 aliphatic heterocycles. The van der Waals surface area contributed by atoms with E-state index in [1.54, 1.807) is 0 Å². The SMILES string of the molecule is CC(C)CNC(=O)Nc1cccc(-c2noc(-c3ccc4cc[nH]c4c3)n2)c1. The molecular formula is C21H21N5O2. The number of hydrogen-bond donors (Lipinski definition) is 3. The number of nitrogens with zero attached hydrogens (tertiary/aromatic N) is 2. The van der Waals surface area contributed by atoms with Crippen molar-refractivity contribution >= 4 is 22.6 Å². The number of anilines is 1. The lowest BCUT2D eigenvalue weighted by Gasteiger charge is -2.09. The molecule has 0 atom stereocenters. The Morgan fingerprint density at radius 3 is 2.89 bits per heavy atom. The second-order valence-electron chi connectivity index (χ2n) is 7.01. The van der Waals surface area contributed by atoms with E-state index in [0.717, 1.165) is 22.0 Å². The molecule has 28 heavy (non-hydrogen) atoms. The van der Waals surface area contributed by atoms with Crippen molar-refractivity contribution in [2.24, 2.45) is 5.92 Å². The van der Waals surface area contributed by atoms with Crippen LogP contribution in [0.1, 0.15) is 13.8 Å². The number of nitrogens with one attached hydrogen (secondary N) is 3. The zero-order valence-electron chi connectivity index (χ0n) is 15.7. The third-order valence-corrected chi connectivity index (χ3v) is 4.28. The Kier molecular flexibility index (Phi) is 4.80. The number of aromatic amines is 1. The van der Waals surface area contributed by atoms with E-state index in [4.69, 9.17) is 4.52 Å². The van der Waals surface area contributed by atoms with Crippen LogP contribution < -0.4 is 10.6 Å². The zero-order valence-corrected chi connectivity index (χ0v) is 15.7. The number of carbonyl (C=O) groups is 1. The van der Waals surface area contributed by atoms with E-state index in [1.807, 2.05) is 68.6 Å². The monoisotopic (exact) mass is 375 g/mol. The van der Waals surface area contributed by atoms with Gasteiger partial charge in [-0.05, 0) is 41.6 Å². The molecule has 7 heteroatoms. The Bertz CT molecular complexity index is 1110. The molecule has 2 aromatic carbocycles. The Morgan fingerprint density at radius 1 is 1.14 bits per heavy atom. The topological polar surface area (TPSA) is 95.8 Å². The van der Waals surface area contributed by atoms with Gasteiger partial charge in [0.2, 0.25) is 5.82 Å². The van der Waals surface area contributed by atoms with Crippen molar-refractivity contribution in [3.8, 4) is 22.8 Å². The average Bonchev–Trinajstić information content (AvgIpc) is 3.35. The molecule has 4 aromatic rings. The van der Waals surface area contributed by atoms with Crippen molar-refractivity contribution in [2.45, 2.75) is 13.8 Å². The fourth-order valence-electron chi connectivity index (χ4n) is 2.85. The highest BCUT2D eigenvalue weighted by atomic mass is 16.5. The van der Waals surface area contributed by atoms with Crippen molar-refractivity contribution in [2.75, 3.05) is 11.9 Å². The number of fused-ring (bicyclic) bond motifs is 1. The van der Waals surface area contributed by atoms with Crippen LogP contribution >= 0.6 is 0 Å². The van der Waals surface area contributed by atoms with Crippen LogP contribution in [-0.2, 0) is 0 Å². The molecular weight excluding hydrogens is 354 g/mol. The largest absolute Gasteiger partial charge is 0.361 e. The van der Waals surface area contributed by atoms with Crippen LogP contribution in [0, 0.1) is 5.92 Å². The van der Waals surface area contributed by atoms with Crippen molar-refractivity contribution in [1.29, 1.82) is 0 Å². The summed E-state index contributed by atoms with van der Waals surface area (Å²) in [5.41, 5.74) is 3.28. The summed E-state index contributed by atoms with van der Waals surface area (Å²) in [5, 5.41) is 10.9. The lowest BCUT2D eigenvalue weighted by molar-refractivity contribution is 0.251. The number of amides is 2. The molecule has 2 amide bonds. The van der Waals surface area contributed by atoms with Crippen LogP contribution in [0.5, 0.6) is 0 Å². The van der Waals surface area contributed by atoms with E-state index in [9.17, 15) is 4.79 Å². The molecule has 0 saturated heterocycles. The van der Waals surface area contributed by atoms with Crippen LogP contribution in [0.3, 0.4) is 0 Å². The molecule has 4 rings (SSSR count). The molecule has 0 spiro atoms. The summed E-state index contributed by atoms with van der Waals surface area (Å²) >= 11 is 0. The first-order chi connectivity index (χ1) is 13.6. The summed E-state index contributed by atoms with van der Waals surface area (Å²) in [6.07, 6.45) is 1.89. The van der Waals surface area contributed by atoms with Gasteiger partial charge < -0.3 is 20.1 Å². The van der Waals surface area contributed by atoms with Gasteiger partial charge in [-0.3, -0.25) is 0 Å². The predicted molar refractivity (Wildman–Crippen MR) is 109 cm³/mol. The van der Waals surface area contributed by atoms with Crippen molar-refractivity contribution in [3.05, 3.63) is 54.7 Å². The minimum atomic E-state index is -0.237. The maximum Gasteiger partial charge on any atom is 0.319 e. The maximum atomic E-state index is 12.0. The smallest absolute Gasteiger partial charge is 0.319 e. The molecule has 0 unspecified atom stereocenters. The van der Waals surface area contributed by atoms with Crippen molar-refractivity contribution < 1.29 is 9.32 Å². The fraction of sp³-hybridized carbons (Fsp3) is 0.190. The summed E-state index contributed by atoms with van der Waals surface area (Å²) in [6.45, 7) is 4.70. The van der Waals surface area contributed by atoms with E-state index < -0.39 is 0 Å². The highest BCUT2D eigenvalue weighted by molar-refractivity contribution is 5.90. The Morgan fingerprint density at radius 2 is 2.04 bits per heavy atom. The highest BCUT2D eigenvalue weighted by Crippen LogP contribution is 2.26. The first kappa shape index (κ1) is 17.8. The van der Waals surface area contributed by atoms with Gasteiger partial charge in [0, 0.05) is 35.1 Å². The zero-order chi connectivity index (χ0) is 19.5. The second-order valence-corrected chi connectivity index (χ2v) is 7.01. The third-order valence-electron chi connectivity index (χ3n) is 4.28. The predicted octanol–water partition coefficient (Wildman–Crippen LogP) is 4.66. The highest BCUT2D eigenvalue weighted by Gasteiger charge is 2.12. The van der Waals surface area contributed by atoms with Gasteiger partial charge in [-0.1, -0.05) is 37.2 Å². The minimum absolute atomic E-state index is 0.237. The molecule has 7 nitrogen and oxygen atoms in total. The first-order valence-corrected chi connectivity index (χ1v) is 9.15. The molecule has 2 heterocycles. The minimum Gasteiger partial charge on any atom is -0.361 e. The lowest BCUT2D eigenvalue weighted by atomic mass is 10.1. The van der Waals surface area contributed by atoms with E-state index >= 15 is 0 Å². The van der Waals surface area contributed by atoms with Crippen LogP contribution in [0.25, 0.3) is 33.7 Å². The first-order valence-electron chi connectivity index (χ1n) is 9.15. The van der Waals surface area contributed by atoms with Gasteiger partial charge in [-0.2, -0.15) is 4.98 Å². The molecule has 0 saturated carbocycles. The molecule has 0 aliphatic carbocycles. The number of aromatic nitrogens is 3.